The van der Waals surface area contributed by atoms with E-state index in [0.717, 1.165) is 12.8 Å². The van der Waals surface area contributed by atoms with E-state index in [-0.39, 0.29) is 5.92 Å². The summed E-state index contributed by atoms with van der Waals surface area (Å²) < 4.78 is -0.671. The summed E-state index contributed by atoms with van der Waals surface area (Å²) in [5.74, 6) is -0.608. The summed E-state index contributed by atoms with van der Waals surface area (Å²) in [6.45, 7) is 2.41. The van der Waals surface area contributed by atoms with Gasteiger partial charge in [0.25, 0.3) is 0 Å². The van der Waals surface area contributed by atoms with Gasteiger partial charge in [-0.15, -0.1) is 11.8 Å². The third kappa shape index (κ3) is 2.06. The Bertz CT molecular complexity index is 230. The summed E-state index contributed by atoms with van der Waals surface area (Å²) in [7, 11) is 0. The molecule has 0 aliphatic carbocycles. The maximum atomic E-state index is 11.0. The summed E-state index contributed by atoms with van der Waals surface area (Å²) in [4.78, 5) is 11.0. The average Bonchev–Trinajstić information content (AvgIpc) is 2.45. The Morgan fingerprint density at radius 2 is 2.46 bits per heavy atom. The van der Waals surface area contributed by atoms with Gasteiger partial charge in [-0.3, -0.25) is 4.79 Å². The average molecular weight is 201 g/mol. The lowest BCUT2D eigenvalue weighted by Crippen LogP contribution is -2.36. The number of rotatable bonds is 4. The van der Waals surface area contributed by atoms with Gasteiger partial charge in [0.1, 0.15) is 4.75 Å². The molecule has 0 aromatic rings. The highest BCUT2D eigenvalue weighted by Crippen LogP contribution is 2.43. The molecule has 0 aromatic carbocycles. The fraction of sp³-hybridized carbons (Fsp3) is 0.667. The maximum Gasteiger partial charge on any atom is 0.320 e. The zero-order valence-electron chi connectivity index (χ0n) is 7.69. The standard InChI is InChI=1S/C9H15NO2S/c1-9(8(11)12)7(3-2-5-10)4-6-13-9/h4,6-7H,2-3,5,10H2,1H3,(H,11,12). The number of hydrogen-bond acceptors (Lipinski definition) is 3. The first-order chi connectivity index (χ1) is 6.11. The second-order valence-corrected chi connectivity index (χ2v) is 4.75. The third-order valence-corrected chi connectivity index (χ3v) is 3.74. The zero-order chi connectivity index (χ0) is 9.90. The van der Waals surface area contributed by atoms with E-state index in [1.54, 1.807) is 6.92 Å². The van der Waals surface area contributed by atoms with E-state index >= 15 is 0 Å². The highest BCUT2D eigenvalue weighted by Gasteiger charge is 2.42. The molecule has 74 valence electrons. The quantitative estimate of drug-likeness (QED) is 0.722. The largest absolute Gasteiger partial charge is 0.480 e. The summed E-state index contributed by atoms with van der Waals surface area (Å²) in [6, 6.07) is 0. The SMILES string of the molecule is CC1(C(=O)O)SC=CC1CCCN. The number of nitrogens with two attached hydrogens (primary N) is 1. The maximum absolute atomic E-state index is 11.0. The first-order valence-electron chi connectivity index (χ1n) is 4.39. The van der Waals surface area contributed by atoms with E-state index in [1.165, 1.54) is 11.8 Å². The van der Waals surface area contributed by atoms with Crippen LogP contribution in [0.5, 0.6) is 0 Å². The summed E-state index contributed by atoms with van der Waals surface area (Å²) in [5, 5.41) is 10.9. The van der Waals surface area contributed by atoms with Crippen LogP contribution in [0, 0.1) is 5.92 Å². The van der Waals surface area contributed by atoms with Crippen molar-refractivity contribution in [3.8, 4) is 0 Å². The Morgan fingerprint density at radius 1 is 1.77 bits per heavy atom. The van der Waals surface area contributed by atoms with Gasteiger partial charge in [0.15, 0.2) is 0 Å². The fourth-order valence-corrected chi connectivity index (χ4v) is 2.49. The Hall–Kier alpha value is -0.480. The van der Waals surface area contributed by atoms with E-state index in [2.05, 4.69) is 0 Å². The molecule has 2 atom stereocenters. The highest BCUT2D eigenvalue weighted by atomic mass is 32.2. The van der Waals surface area contributed by atoms with Crippen molar-refractivity contribution in [2.45, 2.75) is 24.5 Å². The Labute approximate surface area is 82.4 Å². The Balaban J connectivity index is 2.61. The molecule has 1 heterocycles. The van der Waals surface area contributed by atoms with Crippen molar-refractivity contribution in [3.05, 3.63) is 11.5 Å². The lowest BCUT2D eigenvalue weighted by Gasteiger charge is -2.25. The minimum absolute atomic E-state index is 0.124. The van der Waals surface area contributed by atoms with Crippen molar-refractivity contribution in [1.29, 1.82) is 0 Å². The van der Waals surface area contributed by atoms with Crippen LogP contribution in [0.1, 0.15) is 19.8 Å². The fourth-order valence-electron chi connectivity index (χ4n) is 1.46. The second-order valence-electron chi connectivity index (χ2n) is 3.40. The lowest BCUT2D eigenvalue weighted by atomic mass is 9.89. The smallest absolute Gasteiger partial charge is 0.320 e. The van der Waals surface area contributed by atoms with Crippen molar-refractivity contribution in [2.24, 2.45) is 11.7 Å². The minimum atomic E-state index is -0.732. The van der Waals surface area contributed by atoms with Crippen LogP contribution < -0.4 is 5.73 Å². The molecule has 0 radical (unpaired) electrons. The van der Waals surface area contributed by atoms with Crippen molar-refractivity contribution in [3.63, 3.8) is 0 Å². The molecule has 0 spiro atoms. The molecule has 0 saturated heterocycles. The van der Waals surface area contributed by atoms with Gasteiger partial charge in [-0.05, 0) is 31.7 Å². The topological polar surface area (TPSA) is 63.3 Å². The van der Waals surface area contributed by atoms with Crippen molar-refractivity contribution < 1.29 is 9.90 Å². The number of aliphatic carboxylic acids is 1. The number of carboxylic acids is 1. The Kier molecular flexibility index (Phi) is 3.39. The van der Waals surface area contributed by atoms with Crippen LogP contribution in [-0.4, -0.2) is 22.4 Å². The molecule has 1 aliphatic rings. The van der Waals surface area contributed by atoms with E-state index in [1.807, 2.05) is 11.5 Å². The molecule has 0 fully saturated rings. The molecule has 4 heteroatoms. The van der Waals surface area contributed by atoms with Gasteiger partial charge in [0.2, 0.25) is 0 Å². The molecule has 0 amide bonds. The molecule has 0 bridgehead atoms. The Morgan fingerprint density at radius 3 is 3.00 bits per heavy atom. The van der Waals surface area contributed by atoms with Gasteiger partial charge in [0.05, 0.1) is 0 Å². The van der Waals surface area contributed by atoms with Gasteiger partial charge in [-0.25, -0.2) is 0 Å². The summed E-state index contributed by atoms with van der Waals surface area (Å²) >= 11 is 1.39. The summed E-state index contributed by atoms with van der Waals surface area (Å²) in [6.07, 6.45) is 3.73. The molecule has 1 aliphatic heterocycles. The number of hydrogen-bond donors (Lipinski definition) is 2. The number of allylic oxidation sites excluding steroid dienone is 1. The first-order valence-corrected chi connectivity index (χ1v) is 5.27. The summed E-state index contributed by atoms with van der Waals surface area (Å²) in [5.41, 5.74) is 5.39. The van der Waals surface area contributed by atoms with Gasteiger partial charge in [0, 0.05) is 5.92 Å². The lowest BCUT2D eigenvalue weighted by molar-refractivity contribution is -0.140. The number of carboxylic acid groups (broad SMARTS) is 1. The van der Waals surface area contributed by atoms with Crippen molar-refractivity contribution in [1.82, 2.24) is 0 Å². The van der Waals surface area contributed by atoms with Crippen LogP contribution in [0.15, 0.2) is 11.5 Å². The molecule has 3 N–H and O–H groups in total. The van der Waals surface area contributed by atoms with Crippen molar-refractivity contribution in [2.75, 3.05) is 6.54 Å². The second kappa shape index (κ2) is 4.15. The number of carbonyl (C=O) groups is 1. The van der Waals surface area contributed by atoms with Gasteiger partial charge < -0.3 is 10.8 Å². The first kappa shape index (κ1) is 10.6. The van der Waals surface area contributed by atoms with Crippen LogP contribution >= 0.6 is 11.8 Å². The molecular formula is C9H15NO2S. The van der Waals surface area contributed by atoms with Crippen molar-refractivity contribution >= 4 is 17.7 Å². The number of thioether (sulfide) groups is 1. The molecule has 0 aromatic heterocycles. The molecular weight excluding hydrogens is 186 g/mol. The van der Waals surface area contributed by atoms with Gasteiger partial charge >= 0.3 is 5.97 Å². The van der Waals surface area contributed by atoms with Crippen LogP contribution in [0.2, 0.25) is 0 Å². The molecule has 2 unspecified atom stereocenters. The minimum Gasteiger partial charge on any atom is -0.480 e. The predicted octanol–water partition coefficient (Wildman–Crippen LogP) is 1.45. The molecule has 0 saturated carbocycles. The van der Waals surface area contributed by atoms with E-state index in [4.69, 9.17) is 10.8 Å². The zero-order valence-corrected chi connectivity index (χ0v) is 8.51. The molecule has 3 nitrogen and oxygen atoms in total. The monoisotopic (exact) mass is 201 g/mol. The van der Waals surface area contributed by atoms with Crippen LogP contribution in [-0.2, 0) is 4.79 Å². The molecule has 1 rings (SSSR count). The van der Waals surface area contributed by atoms with E-state index < -0.39 is 10.7 Å². The van der Waals surface area contributed by atoms with Crippen LogP contribution in [0.4, 0.5) is 0 Å². The van der Waals surface area contributed by atoms with Gasteiger partial charge in [-0.2, -0.15) is 0 Å². The predicted molar refractivity (Wildman–Crippen MR) is 54.6 cm³/mol. The third-order valence-electron chi connectivity index (χ3n) is 2.48. The van der Waals surface area contributed by atoms with Crippen LogP contribution in [0.3, 0.4) is 0 Å². The molecule has 13 heavy (non-hydrogen) atoms. The van der Waals surface area contributed by atoms with Crippen LogP contribution in [0.25, 0.3) is 0 Å². The normalized spacial score (nSPS) is 32.3. The van der Waals surface area contributed by atoms with E-state index in [0.29, 0.717) is 6.54 Å². The van der Waals surface area contributed by atoms with Gasteiger partial charge in [-0.1, -0.05) is 6.08 Å². The van der Waals surface area contributed by atoms with E-state index in [9.17, 15) is 4.79 Å². The highest BCUT2D eigenvalue weighted by molar-refractivity contribution is 8.04.